The van der Waals surface area contributed by atoms with Crippen LogP contribution in [-0.4, -0.2) is 17.6 Å². The molecule has 4 heteroatoms. The summed E-state index contributed by atoms with van der Waals surface area (Å²) in [5.74, 6) is 5.31. The Kier molecular flexibility index (Phi) is 4.35. The number of nitrogens with one attached hydrogen (secondary N) is 1. The maximum Gasteiger partial charge on any atom is 0.265 e. The number of benzene rings is 1. The molecule has 2 N–H and O–H groups in total. The van der Waals surface area contributed by atoms with Gasteiger partial charge in [0.15, 0.2) is 0 Å². The van der Waals surface area contributed by atoms with Crippen LogP contribution in [0.4, 0.5) is 5.69 Å². The molecular weight excluding hydrogens is 258 g/mol. The second kappa shape index (κ2) is 6.19. The predicted molar refractivity (Wildman–Crippen MR) is 77.4 cm³/mol. The van der Waals surface area contributed by atoms with E-state index >= 15 is 0 Å². The van der Waals surface area contributed by atoms with E-state index in [9.17, 15) is 4.79 Å². The van der Waals surface area contributed by atoms with Gasteiger partial charge >= 0.3 is 0 Å². The molecule has 96 valence electrons. The quantitative estimate of drug-likeness (QED) is 0.825. The summed E-state index contributed by atoms with van der Waals surface area (Å²) >= 11 is 1.40. The van der Waals surface area contributed by atoms with Crippen LogP contribution in [0.15, 0.2) is 35.7 Å². The monoisotopic (exact) mass is 271 g/mol. The molecule has 0 unspecified atom stereocenters. The Morgan fingerprint density at radius 2 is 2.26 bits per heavy atom. The second-order valence-corrected chi connectivity index (χ2v) is 4.93. The lowest BCUT2D eigenvalue weighted by Gasteiger charge is -2.05. The topological polar surface area (TPSA) is 49.3 Å². The largest absolute Gasteiger partial charge is 0.384 e. The average molecular weight is 271 g/mol. The summed E-state index contributed by atoms with van der Waals surface area (Å²) in [6.07, 6.45) is 0. The van der Waals surface area contributed by atoms with Crippen LogP contribution in [0.5, 0.6) is 0 Å². The van der Waals surface area contributed by atoms with E-state index in [0.717, 1.165) is 11.1 Å². The third-order valence-electron chi connectivity index (χ3n) is 2.39. The van der Waals surface area contributed by atoms with Gasteiger partial charge in [0.2, 0.25) is 0 Å². The van der Waals surface area contributed by atoms with Gasteiger partial charge in [-0.25, -0.2) is 0 Å². The molecule has 19 heavy (non-hydrogen) atoms. The van der Waals surface area contributed by atoms with E-state index in [4.69, 9.17) is 5.11 Å². The minimum Gasteiger partial charge on any atom is -0.384 e. The van der Waals surface area contributed by atoms with Crippen molar-refractivity contribution in [3.63, 3.8) is 0 Å². The summed E-state index contributed by atoms with van der Waals surface area (Å²) in [4.78, 5) is 12.6. The Hall–Kier alpha value is -2.09. The first-order valence-electron chi connectivity index (χ1n) is 5.75. The number of hydrogen-bond acceptors (Lipinski definition) is 3. The van der Waals surface area contributed by atoms with Crippen LogP contribution < -0.4 is 5.32 Å². The van der Waals surface area contributed by atoms with Crippen molar-refractivity contribution < 1.29 is 9.90 Å². The molecule has 1 heterocycles. The molecule has 0 aliphatic carbocycles. The molecular formula is C15H13NO2S. The van der Waals surface area contributed by atoms with Crippen molar-refractivity contribution in [2.24, 2.45) is 0 Å². The summed E-state index contributed by atoms with van der Waals surface area (Å²) in [5.41, 5.74) is 2.49. The zero-order valence-electron chi connectivity index (χ0n) is 10.4. The number of hydrogen-bond donors (Lipinski definition) is 2. The number of carbonyl (C=O) groups excluding carboxylic acids is 1. The number of aliphatic hydroxyl groups is 1. The molecule has 0 saturated heterocycles. The maximum atomic E-state index is 11.9. The van der Waals surface area contributed by atoms with Crippen LogP contribution in [0.1, 0.15) is 20.8 Å². The first-order chi connectivity index (χ1) is 9.19. The average Bonchev–Trinajstić information content (AvgIpc) is 2.89. The summed E-state index contributed by atoms with van der Waals surface area (Å²) in [6.45, 7) is 1.76. The third-order valence-corrected chi connectivity index (χ3v) is 3.26. The van der Waals surface area contributed by atoms with Crippen LogP contribution >= 0.6 is 11.3 Å². The maximum absolute atomic E-state index is 11.9. The lowest BCUT2D eigenvalue weighted by molar-refractivity contribution is 0.103. The normalized spacial score (nSPS) is 9.58. The molecule has 0 radical (unpaired) electrons. The number of rotatable bonds is 2. The van der Waals surface area contributed by atoms with Crippen molar-refractivity contribution in [3.05, 3.63) is 51.7 Å². The van der Waals surface area contributed by atoms with Crippen molar-refractivity contribution in [1.29, 1.82) is 0 Å². The van der Waals surface area contributed by atoms with E-state index in [1.165, 1.54) is 11.3 Å². The fourth-order valence-electron chi connectivity index (χ4n) is 1.67. The first-order valence-corrected chi connectivity index (χ1v) is 6.63. The van der Waals surface area contributed by atoms with E-state index < -0.39 is 0 Å². The Morgan fingerprint density at radius 1 is 1.42 bits per heavy atom. The second-order valence-electron chi connectivity index (χ2n) is 3.98. The van der Waals surface area contributed by atoms with E-state index in [1.807, 2.05) is 30.5 Å². The fourth-order valence-corrected chi connectivity index (χ4v) is 2.29. The number of thiophene rings is 1. The van der Waals surface area contributed by atoms with Gasteiger partial charge in [0.25, 0.3) is 5.91 Å². The molecule has 2 rings (SSSR count). The Bertz CT molecular complexity index is 636. The number of amides is 1. The van der Waals surface area contributed by atoms with E-state index in [2.05, 4.69) is 17.2 Å². The van der Waals surface area contributed by atoms with Gasteiger partial charge in [0, 0.05) is 11.3 Å². The highest BCUT2D eigenvalue weighted by Gasteiger charge is 2.07. The lowest BCUT2D eigenvalue weighted by Crippen LogP contribution is -2.10. The Morgan fingerprint density at radius 3 is 2.95 bits per heavy atom. The lowest BCUT2D eigenvalue weighted by atomic mass is 10.1. The summed E-state index contributed by atoms with van der Waals surface area (Å²) in [6, 6.07) is 9.20. The van der Waals surface area contributed by atoms with Gasteiger partial charge in [-0.3, -0.25) is 4.79 Å². The van der Waals surface area contributed by atoms with Crippen LogP contribution in [0.3, 0.4) is 0 Å². The predicted octanol–water partition coefficient (Wildman–Crippen LogP) is 2.65. The van der Waals surface area contributed by atoms with E-state index in [-0.39, 0.29) is 12.5 Å². The number of aryl methyl sites for hydroxylation is 1. The van der Waals surface area contributed by atoms with Crippen molar-refractivity contribution in [2.75, 3.05) is 11.9 Å². The highest BCUT2D eigenvalue weighted by molar-refractivity contribution is 7.12. The Balaban J connectivity index is 2.20. The number of aliphatic hydroxyl groups excluding tert-OH is 1. The first kappa shape index (κ1) is 13.3. The van der Waals surface area contributed by atoms with Crippen LogP contribution in [0.25, 0.3) is 0 Å². The van der Waals surface area contributed by atoms with Crippen molar-refractivity contribution in [2.45, 2.75) is 6.92 Å². The van der Waals surface area contributed by atoms with Gasteiger partial charge in [-0.1, -0.05) is 17.9 Å². The van der Waals surface area contributed by atoms with Crippen molar-refractivity contribution >= 4 is 22.9 Å². The highest BCUT2D eigenvalue weighted by atomic mass is 32.1. The van der Waals surface area contributed by atoms with Crippen molar-refractivity contribution in [1.82, 2.24) is 0 Å². The minimum absolute atomic E-state index is 0.123. The van der Waals surface area contributed by atoms with Gasteiger partial charge in [-0.15, -0.1) is 11.3 Å². The molecule has 3 nitrogen and oxygen atoms in total. The van der Waals surface area contributed by atoms with Gasteiger partial charge in [0.1, 0.15) is 6.61 Å². The summed E-state index contributed by atoms with van der Waals surface area (Å²) in [7, 11) is 0. The molecule has 1 aromatic heterocycles. The molecule has 0 atom stereocenters. The third kappa shape index (κ3) is 3.68. The molecule has 0 saturated carbocycles. The molecule has 0 spiro atoms. The zero-order chi connectivity index (χ0) is 13.7. The van der Waals surface area contributed by atoms with E-state index in [0.29, 0.717) is 10.6 Å². The molecule has 0 bridgehead atoms. The highest BCUT2D eigenvalue weighted by Crippen LogP contribution is 2.16. The van der Waals surface area contributed by atoms with Gasteiger partial charge < -0.3 is 10.4 Å². The molecule has 0 fully saturated rings. The van der Waals surface area contributed by atoms with Gasteiger partial charge in [0.05, 0.1) is 4.88 Å². The molecule has 2 aromatic rings. The van der Waals surface area contributed by atoms with Crippen LogP contribution in [0, 0.1) is 18.8 Å². The molecule has 0 aliphatic heterocycles. The van der Waals surface area contributed by atoms with Crippen LogP contribution in [0.2, 0.25) is 0 Å². The summed E-state index contributed by atoms with van der Waals surface area (Å²) < 4.78 is 0. The van der Waals surface area contributed by atoms with Gasteiger partial charge in [-0.05, 0) is 42.1 Å². The van der Waals surface area contributed by atoms with E-state index in [1.54, 1.807) is 12.1 Å². The Labute approximate surface area is 115 Å². The number of carbonyl (C=O) groups is 1. The standard InChI is InChI=1S/C15H13NO2S/c1-11-8-12(4-2-6-17)10-13(9-11)16-15(18)14-5-3-7-19-14/h3,5,7-10,17H,6H2,1H3,(H,16,18). The van der Waals surface area contributed by atoms with Gasteiger partial charge in [-0.2, -0.15) is 0 Å². The number of anilines is 1. The fraction of sp³-hybridized carbons (Fsp3) is 0.133. The molecule has 1 amide bonds. The minimum atomic E-state index is -0.176. The smallest absolute Gasteiger partial charge is 0.265 e. The molecule has 1 aromatic carbocycles. The SMILES string of the molecule is Cc1cc(C#CCO)cc(NC(=O)c2cccs2)c1. The van der Waals surface area contributed by atoms with Crippen molar-refractivity contribution in [3.8, 4) is 11.8 Å². The summed E-state index contributed by atoms with van der Waals surface area (Å²) in [5, 5.41) is 13.4. The molecule has 0 aliphatic rings. The van der Waals surface area contributed by atoms with Crippen LogP contribution in [-0.2, 0) is 0 Å². The zero-order valence-corrected chi connectivity index (χ0v) is 11.3.